The van der Waals surface area contributed by atoms with Gasteiger partial charge in [0.2, 0.25) is 0 Å². The van der Waals surface area contributed by atoms with Gasteiger partial charge in [0.15, 0.2) is 0 Å². The molecule has 1 rings (SSSR count). The van der Waals surface area contributed by atoms with E-state index < -0.39 is 32.8 Å². The summed E-state index contributed by atoms with van der Waals surface area (Å²) in [5.41, 5.74) is 0. The summed E-state index contributed by atoms with van der Waals surface area (Å²) in [7, 11) is 0.726. The van der Waals surface area contributed by atoms with Crippen molar-refractivity contribution in [3.63, 3.8) is 0 Å². The summed E-state index contributed by atoms with van der Waals surface area (Å²) in [5.74, 6) is -1.40. The zero-order valence-corrected chi connectivity index (χ0v) is 11.1. The number of rotatable bonds is 4. The van der Waals surface area contributed by atoms with E-state index in [4.69, 9.17) is 10.7 Å². The van der Waals surface area contributed by atoms with Crippen molar-refractivity contribution in [3.8, 4) is 5.75 Å². The van der Waals surface area contributed by atoms with Gasteiger partial charge in [0.25, 0.3) is 15.5 Å². The molecule has 0 aromatic heterocycles. The number of halogens is 5. The van der Waals surface area contributed by atoms with E-state index >= 15 is 0 Å². The molecule has 0 amide bonds. The third-order valence-corrected chi connectivity index (χ3v) is 3.57. The number of ether oxygens (including phenoxy) is 1. The third-order valence-electron chi connectivity index (χ3n) is 1.61. The molecule has 0 aliphatic rings. The van der Waals surface area contributed by atoms with Crippen LogP contribution >= 0.6 is 26.6 Å². The van der Waals surface area contributed by atoms with Crippen molar-refractivity contribution >= 4 is 35.7 Å². The Hall–Kier alpha value is -0.470. The van der Waals surface area contributed by atoms with Crippen LogP contribution in [-0.2, 0) is 9.05 Å². The van der Waals surface area contributed by atoms with Crippen molar-refractivity contribution < 1.29 is 26.3 Å². The Kier molecular flexibility index (Phi) is 4.68. The molecule has 1 aromatic carbocycles. The quantitative estimate of drug-likeness (QED) is 0.781. The van der Waals surface area contributed by atoms with E-state index in [0.29, 0.717) is 6.07 Å². The standard InChI is InChI=1S/C8H5BrClF3O3S/c9-4-1-7(17(10,14)15)5(11)2-6(4)16-3-8(12)13/h1-2,8H,3H2. The summed E-state index contributed by atoms with van der Waals surface area (Å²) in [6.07, 6.45) is -2.72. The normalized spacial score (nSPS) is 11.9. The van der Waals surface area contributed by atoms with Crippen LogP contribution in [0.4, 0.5) is 13.2 Å². The van der Waals surface area contributed by atoms with Gasteiger partial charge in [-0.1, -0.05) is 0 Å². The molecule has 0 saturated carbocycles. The van der Waals surface area contributed by atoms with Crippen molar-refractivity contribution in [2.24, 2.45) is 0 Å². The molecule has 0 atom stereocenters. The van der Waals surface area contributed by atoms with E-state index in [1.807, 2.05) is 0 Å². The predicted molar refractivity (Wildman–Crippen MR) is 58.6 cm³/mol. The molecule has 0 heterocycles. The maximum absolute atomic E-state index is 13.3. The fraction of sp³-hybridized carbons (Fsp3) is 0.250. The second-order valence-electron chi connectivity index (χ2n) is 2.85. The van der Waals surface area contributed by atoms with Crippen LogP contribution in [-0.4, -0.2) is 21.5 Å². The predicted octanol–water partition coefficient (Wildman–Crippen LogP) is 3.16. The molecule has 0 spiro atoms. The van der Waals surface area contributed by atoms with Gasteiger partial charge in [-0.25, -0.2) is 21.6 Å². The summed E-state index contributed by atoms with van der Waals surface area (Å²) in [6.45, 7) is -0.926. The molecule has 1 aromatic rings. The molecule has 0 radical (unpaired) electrons. The maximum Gasteiger partial charge on any atom is 0.272 e. The Morgan fingerprint density at radius 3 is 2.47 bits per heavy atom. The van der Waals surface area contributed by atoms with Crippen molar-refractivity contribution in [1.82, 2.24) is 0 Å². The first-order valence-corrected chi connectivity index (χ1v) is 7.16. The van der Waals surface area contributed by atoms with Crippen LogP contribution in [0.15, 0.2) is 21.5 Å². The minimum absolute atomic E-state index is 0.0128. The fourth-order valence-electron chi connectivity index (χ4n) is 0.961. The third kappa shape index (κ3) is 4.04. The first-order chi connectivity index (χ1) is 7.71. The zero-order chi connectivity index (χ0) is 13.2. The highest BCUT2D eigenvalue weighted by Crippen LogP contribution is 2.31. The number of benzene rings is 1. The lowest BCUT2D eigenvalue weighted by molar-refractivity contribution is 0.0813. The average molecular weight is 354 g/mol. The van der Waals surface area contributed by atoms with E-state index in [9.17, 15) is 21.6 Å². The average Bonchev–Trinajstić information content (AvgIpc) is 2.17. The van der Waals surface area contributed by atoms with Gasteiger partial charge in [-0.05, 0) is 22.0 Å². The van der Waals surface area contributed by atoms with Crippen molar-refractivity contribution in [1.29, 1.82) is 0 Å². The maximum atomic E-state index is 13.3. The lowest BCUT2D eigenvalue weighted by atomic mass is 10.3. The largest absolute Gasteiger partial charge is 0.486 e. The SMILES string of the molecule is O=S(=O)(Cl)c1cc(Br)c(OCC(F)F)cc1F. The highest BCUT2D eigenvalue weighted by molar-refractivity contribution is 9.10. The Bertz CT molecular complexity index is 521. The van der Waals surface area contributed by atoms with Crippen LogP contribution in [0.3, 0.4) is 0 Å². The molecule has 3 nitrogen and oxygen atoms in total. The van der Waals surface area contributed by atoms with E-state index in [2.05, 4.69) is 20.7 Å². The van der Waals surface area contributed by atoms with E-state index in [1.165, 1.54) is 0 Å². The van der Waals surface area contributed by atoms with Crippen LogP contribution in [0.25, 0.3) is 0 Å². The lowest BCUT2D eigenvalue weighted by Crippen LogP contribution is -2.08. The molecule has 0 aliphatic heterocycles. The summed E-state index contributed by atoms with van der Waals surface area (Å²) < 4.78 is 63.5. The smallest absolute Gasteiger partial charge is 0.272 e. The molecule has 96 valence electrons. The van der Waals surface area contributed by atoms with Crippen LogP contribution in [0.1, 0.15) is 0 Å². The second kappa shape index (κ2) is 5.45. The van der Waals surface area contributed by atoms with Crippen LogP contribution in [0, 0.1) is 5.82 Å². The zero-order valence-electron chi connectivity index (χ0n) is 7.96. The van der Waals surface area contributed by atoms with Crippen LogP contribution < -0.4 is 4.74 Å². The fourth-order valence-corrected chi connectivity index (χ4v) is 2.48. The number of alkyl halides is 2. The Labute approximate surface area is 108 Å². The molecular formula is C8H5BrClF3O3S. The Morgan fingerprint density at radius 1 is 1.41 bits per heavy atom. The van der Waals surface area contributed by atoms with Crippen molar-refractivity contribution in [3.05, 3.63) is 22.4 Å². The van der Waals surface area contributed by atoms with Gasteiger partial charge in [0.1, 0.15) is 23.1 Å². The molecule has 0 bridgehead atoms. The Morgan fingerprint density at radius 2 is 2.00 bits per heavy atom. The van der Waals surface area contributed by atoms with Crippen molar-refractivity contribution in [2.75, 3.05) is 6.61 Å². The molecule has 0 aliphatic carbocycles. The lowest BCUT2D eigenvalue weighted by Gasteiger charge is -2.09. The van der Waals surface area contributed by atoms with Gasteiger partial charge >= 0.3 is 0 Å². The van der Waals surface area contributed by atoms with Crippen molar-refractivity contribution in [2.45, 2.75) is 11.3 Å². The first kappa shape index (κ1) is 14.6. The van der Waals surface area contributed by atoms with Gasteiger partial charge in [-0.15, -0.1) is 0 Å². The second-order valence-corrected chi connectivity index (χ2v) is 6.24. The topological polar surface area (TPSA) is 43.4 Å². The van der Waals surface area contributed by atoms with Crippen LogP contribution in [0.2, 0.25) is 0 Å². The molecule has 0 N–H and O–H groups in total. The molecule has 17 heavy (non-hydrogen) atoms. The molecule has 0 saturated heterocycles. The van der Waals surface area contributed by atoms with Gasteiger partial charge < -0.3 is 4.74 Å². The van der Waals surface area contributed by atoms with Gasteiger partial charge in [0, 0.05) is 16.7 Å². The van der Waals surface area contributed by atoms with Gasteiger partial charge in [0.05, 0.1) is 4.47 Å². The number of hydrogen-bond donors (Lipinski definition) is 0. The summed E-state index contributed by atoms with van der Waals surface area (Å²) in [4.78, 5) is -0.754. The van der Waals surface area contributed by atoms with E-state index in [0.717, 1.165) is 6.07 Å². The first-order valence-electron chi connectivity index (χ1n) is 4.06. The molecule has 0 fully saturated rings. The number of hydrogen-bond acceptors (Lipinski definition) is 3. The van der Waals surface area contributed by atoms with Gasteiger partial charge in [-0.3, -0.25) is 0 Å². The highest BCUT2D eigenvalue weighted by atomic mass is 79.9. The van der Waals surface area contributed by atoms with Crippen LogP contribution in [0.5, 0.6) is 5.75 Å². The minimum Gasteiger partial charge on any atom is -0.486 e. The summed E-state index contributed by atoms with van der Waals surface area (Å²) in [6, 6.07) is 1.51. The van der Waals surface area contributed by atoms with Gasteiger partial charge in [-0.2, -0.15) is 0 Å². The molecular weight excluding hydrogens is 349 g/mol. The summed E-state index contributed by atoms with van der Waals surface area (Å²) in [5, 5.41) is 0. The molecule has 0 unspecified atom stereocenters. The van der Waals surface area contributed by atoms with E-state index in [1.54, 1.807) is 0 Å². The molecule has 9 heteroatoms. The Balaban J connectivity index is 3.10. The summed E-state index contributed by atoms with van der Waals surface area (Å²) >= 11 is 2.86. The monoisotopic (exact) mass is 352 g/mol. The highest BCUT2D eigenvalue weighted by Gasteiger charge is 2.19. The van der Waals surface area contributed by atoms with E-state index in [-0.39, 0.29) is 10.2 Å². The minimum atomic E-state index is -4.24.